The number of rotatable bonds is 4. The first-order valence-electron chi connectivity index (χ1n) is 6.45. The van der Waals surface area contributed by atoms with Crippen molar-refractivity contribution in [2.75, 3.05) is 19.6 Å². The van der Waals surface area contributed by atoms with Crippen LogP contribution in [0.3, 0.4) is 0 Å². The molecule has 2 aromatic heterocycles. The molecule has 0 unspecified atom stereocenters. The van der Waals surface area contributed by atoms with Crippen molar-refractivity contribution >= 4 is 0 Å². The molecule has 5 heteroatoms. The lowest BCUT2D eigenvalue weighted by Crippen LogP contribution is -2.49. The van der Waals surface area contributed by atoms with Gasteiger partial charge in [-0.2, -0.15) is 10.2 Å². The zero-order valence-corrected chi connectivity index (χ0v) is 11.0. The third-order valence-electron chi connectivity index (χ3n) is 3.53. The molecule has 0 radical (unpaired) electrons. The average Bonchev–Trinajstić information content (AvgIpc) is 2.87. The summed E-state index contributed by atoms with van der Waals surface area (Å²) in [7, 11) is 0. The fraction of sp³-hybridized carbons (Fsp3) is 0.538. The maximum atomic E-state index is 4.55. The van der Waals surface area contributed by atoms with Gasteiger partial charge in [-0.05, 0) is 26.0 Å². The lowest BCUT2D eigenvalue weighted by atomic mass is 10.1. The summed E-state index contributed by atoms with van der Waals surface area (Å²) >= 11 is 0. The molecule has 0 amide bonds. The van der Waals surface area contributed by atoms with Crippen LogP contribution in [-0.4, -0.2) is 44.1 Å². The first kappa shape index (κ1) is 11.5. The van der Waals surface area contributed by atoms with E-state index >= 15 is 0 Å². The molecular weight excluding hydrogens is 226 g/mol. The predicted octanol–water partition coefficient (Wildman–Crippen LogP) is 1.25. The van der Waals surface area contributed by atoms with Crippen LogP contribution in [0, 0.1) is 13.8 Å². The fourth-order valence-electron chi connectivity index (χ4n) is 2.57. The minimum Gasteiger partial charge on any atom is -0.297 e. The van der Waals surface area contributed by atoms with Crippen molar-refractivity contribution in [3.8, 4) is 0 Å². The quantitative estimate of drug-likeness (QED) is 0.814. The Labute approximate surface area is 107 Å². The standard InChI is InChI=1S/C13H19N5/c1-11-8-12(2)18(15-11)13-9-16(10-13)6-7-17-5-3-4-14-17/h3-5,8,13H,6-7,9-10H2,1-2H3. The summed E-state index contributed by atoms with van der Waals surface area (Å²) in [5.41, 5.74) is 2.38. The molecule has 1 saturated heterocycles. The average molecular weight is 245 g/mol. The molecule has 96 valence electrons. The van der Waals surface area contributed by atoms with Gasteiger partial charge in [0.15, 0.2) is 0 Å². The SMILES string of the molecule is Cc1cc(C)n(C2CN(CCn3cccn3)C2)n1. The van der Waals surface area contributed by atoms with Gasteiger partial charge in [0.25, 0.3) is 0 Å². The van der Waals surface area contributed by atoms with Gasteiger partial charge in [-0.3, -0.25) is 14.3 Å². The third-order valence-corrected chi connectivity index (χ3v) is 3.53. The van der Waals surface area contributed by atoms with E-state index in [1.165, 1.54) is 5.69 Å². The van der Waals surface area contributed by atoms with E-state index in [1.807, 2.05) is 23.1 Å². The second-order valence-electron chi connectivity index (χ2n) is 5.05. The Bertz CT molecular complexity index is 507. The van der Waals surface area contributed by atoms with Gasteiger partial charge in [0.2, 0.25) is 0 Å². The molecule has 3 heterocycles. The van der Waals surface area contributed by atoms with E-state index in [9.17, 15) is 0 Å². The Hall–Kier alpha value is -1.62. The largest absolute Gasteiger partial charge is 0.297 e. The summed E-state index contributed by atoms with van der Waals surface area (Å²) in [6, 6.07) is 4.66. The van der Waals surface area contributed by atoms with Crippen LogP contribution in [0.4, 0.5) is 0 Å². The Balaban J connectivity index is 1.50. The first-order valence-corrected chi connectivity index (χ1v) is 6.45. The van der Waals surface area contributed by atoms with E-state index in [0.717, 1.165) is 31.9 Å². The van der Waals surface area contributed by atoms with Gasteiger partial charge in [0.1, 0.15) is 0 Å². The van der Waals surface area contributed by atoms with Crippen LogP contribution >= 0.6 is 0 Å². The van der Waals surface area contributed by atoms with Crippen molar-refractivity contribution in [3.63, 3.8) is 0 Å². The lowest BCUT2D eigenvalue weighted by molar-refractivity contribution is 0.0919. The minimum absolute atomic E-state index is 0.552. The number of aryl methyl sites for hydroxylation is 2. The number of likely N-dealkylation sites (tertiary alicyclic amines) is 1. The van der Waals surface area contributed by atoms with Gasteiger partial charge >= 0.3 is 0 Å². The van der Waals surface area contributed by atoms with Crippen LogP contribution < -0.4 is 0 Å². The highest BCUT2D eigenvalue weighted by atomic mass is 15.4. The third kappa shape index (κ3) is 2.18. The Morgan fingerprint density at radius 2 is 2.11 bits per heavy atom. The van der Waals surface area contributed by atoms with E-state index in [-0.39, 0.29) is 0 Å². The molecule has 0 aromatic carbocycles. The molecule has 0 aliphatic carbocycles. The lowest BCUT2D eigenvalue weighted by Gasteiger charge is -2.39. The van der Waals surface area contributed by atoms with E-state index < -0.39 is 0 Å². The summed E-state index contributed by atoms with van der Waals surface area (Å²) in [6.45, 7) is 8.42. The summed E-state index contributed by atoms with van der Waals surface area (Å²) in [4.78, 5) is 2.45. The highest BCUT2D eigenvalue weighted by Crippen LogP contribution is 2.22. The number of aromatic nitrogens is 4. The number of nitrogens with zero attached hydrogens (tertiary/aromatic N) is 5. The van der Waals surface area contributed by atoms with Gasteiger partial charge in [-0.25, -0.2) is 0 Å². The van der Waals surface area contributed by atoms with Crippen LogP contribution in [0.15, 0.2) is 24.5 Å². The minimum atomic E-state index is 0.552. The molecule has 0 spiro atoms. The second-order valence-corrected chi connectivity index (χ2v) is 5.05. The van der Waals surface area contributed by atoms with Crippen LogP contribution in [-0.2, 0) is 6.54 Å². The van der Waals surface area contributed by atoms with Crippen molar-refractivity contribution in [3.05, 3.63) is 35.9 Å². The zero-order chi connectivity index (χ0) is 12.5. The van der Waals surface area contributed by atoms with Crippen molar-refractivity contribution in [2.45, 2.75) is 26.4 Å². The summed E-state index contributed by atoms with van der Waals surface area (Å²) in [6.07, 6.45) is 3.84. The fourth-order valence-corrected chi connectivity index (χ4v) is 2.57. The normalized spacial score (nSPS) is 17.0. The van der Waals surface area contributed by atoms with E-state index in [0.29, 0.717) is 6.04 Å². The topological polar surface area (TPSA) is 38.9 Å². The summed E-state index contributed by atoms with van der Waals surface area (Å²) < 4.78 is 4.15. The molecule has 0 N–H and O–H groups in total. The molecule has 2 aromatic rings. The first-order chi connectivity index (χ1) is 8.72. The Morgan fingerprint density at radius 3 is 2.72 bits per heavy atom. The van der Waals surface area contributed by atoms with E-state index in [2.05, 4.69) is 39.7 Å². The molecule has 3 rings (SSSR count). The van der Waals surface area contributed by atoms with E-state index in [4.69, 9.17) is 0 Å². The van der Waals surface area contributed by atoms with Gasteiger partial charge in [0.05, 0.1) is 18.3 Å². The zero-order valence-electron chi connectivity index (χ0n) is 11.0. The molecule has 18 heavy (non-hydrogen) atoms. The van der Waals surface area contributed by atoms with Crippen molar-refractivity contribution in [1.29, 1.82) is 0 Å². The molecule has 5 nitrogen and oxygen atoms in total. The number of hydrogen-bond acceptors (Lipinski definition) is 3. The monoisotopic (exact) mass is 245 g/mol. The Morgan fingerprint density at radius 1 is 1.28 bits per heavy atom. The van der Waals surface area contributed by atoms with Gasteiger partial charge in [-0.15, -0.1) is 0 Å². The molecule has 0 atom stereocenters. The maximum absolute atomic E-state index is 4.55. The number of hydrogen-bond donors (Lipinski definition) is 0. The summed E-state index contributed by atoms with van der Waals surface area (Å²) in [5.74, 6) is 0. The van der Waals surface area contributed by atoms with Crippen molar-refractivity contribution in [2.24, 2.45) is 0 Å². The van der Waals surface area contributed by atoms with Gasteiger partial charge in [0, 0.05) is 37.7 Å². The smallest absolute Gasteiger partial charge is 0.0775 e. The molecule has 1 fully saturated rings. The van der Waals surface area contributed by atoms with Crippen molar-refractivity contribution < 1.29 is 0 Å². The second kappa shape index (κ2) is 4.57. The molecule has 0 bridgehead atoms. The highest BCUT2D eigenvalue weighted by Gasteiger charge is 2.29. The van der Waals surface area contributed by atoms with Crippen LogP contribution in [0.25, 0.3) is 0 Å². The molecule has 1 aliphatic rings. The summed E-state index contributed by atoms with van der Waals surface area (Å²) in [5, 5.41) is 8.76. The maximum Gasteiger partial charge on any atom is 0.0775 e. The predicted molar refractivity (Wildman–Crippen MR) is 69.4 cm³/mol. The molecule has 0 saturated carbocycles. The van der Waals surface area contributed by atoms with Gasteiger partial charge in [-0.1, -0.05) is 0 Å². The van der Waals surface area contributed by atoms with E-state index in [1.54, 1.807) is 0 Å². The molecule has 1 aliphatic heterocycles. The van der Waals surface area contributed by atoms with Gasteiger partial charge < -0.3 is 0 Å². The van der Waals surface area contributed by atoms with Crippen LogP contribution in [0.5, 0.6) is 0 Å². The van der Waals surface area contributed by atoms with Crippen molar-refractivity contribution in [1.82, 2.24) is 24.5 Å². The van der Waals surface area contributed by atoms with Crippen LogP contribution in [0.1, 0.15) is 17.4 Å². The Kier molecular flexibility index (Phi) is 2.91. The van der Waals surface area contributed by atoms with Crippen LogP contribution in [0.2, 0.25) is 0 Å². The molecular formula is C13H19N5. The highest BCUT2D eigenvalue weighted by molar-refractivity contribution is 5.09.